The van der Waals surface area contributed by atoms with Gasteiger partial charge in [-0.15, -0.1) is 0 Å². The van der Waals surface area contributed by atoms with Gasteiger partial charge in [0, 0.05) is 12.1 Å². The molecule has 0 heterocycles. The summed E-state index contributed by atoms with van der Waals surface area (Å²) in [6, 6.07) is 3.37. The summed E-state index contributed by atoms with van der Waals surface area (Å²) in [6.45, 7) is 2.42. The number of hydrogen-bond acceptors (Lipinski definition) is 4. The lowest BCUT2D eigenvalue weighted by Crippen LogP contribution is -2.53. The van der Waals surface area contributed by atoms with Crippen LogP contribution in [0.15, 0.2) is 16.6 Å². The second kappa shape index (κ2) is 6.23. The standard InChI is InChI=1S/C15H21BrN2O3/c1-15(8-17,10-4-5-10)18-14(19)9-6-11(20-2)13(16)12(7-9)21-3/h6-7,10H,4-5,8,17H2,1-3H3,(H,18,19). The quantitative estimate of drug-likeness (QED) is 0.820. The minimum absolute atomic E-state index is 0.168. The fourth-order valence-electron chi connectivity index (χ4n) is 2.37. The van der Waals surface area contributed by atoms with Crippen LogP contribution in [0, 0.1) is 5.92 Å². The Bertz CT molecular complexity index is 521. The summed E-state index contributed by atoms with van der Waals surface area (Å²) in [4.78, 5) is 12.5. The molecule has 1 unspecified atom stereocenters. The number of ether oxygens (including phenoxy) is 2. The number of benzene rings is 1. The van der Waals surface area contributed by atoms with E-state index in [1.165, 1.54) is 0 Å². The molecule has 2 rings (SSSR count). The smallest absolute Gasteiger partial charge is 0.252 e. The number of carbonyl (C=O) groups is 1. The number of carbonyl (C=O) groups excluding carboxylic acids is 1. The monoisotopic (exact) mass is 356 g/mol. The molecule has 1 fully saturated rings. The van der Waals surface area contributed by atoms with Gasteiger partial charge in [-0.3, -0.25) is 4.79 Å². The Morgan fingerprint density at radius 1 is 1.38 bits per heavy atom. The number of nitrogens with one attached hydrogen (secondary N) is 1. The van der Waals surface area contributed by atoms with E-state index in [2.05, 4.69) is 21.2 Å². The lowest BCUT2D eigenvalue weighted by Gasteiger charge is -2.29. The maximum Gasteiger partial charge on any atom is 0.252 e. The fraction of sp³-hybridized carbons (Fsp3) is 0.533. The number of halogens is 1. The molecule has 0 saturated heterocycles. The Labute approximate surface area is 133 Å². The molecule has 1 atom stereocenters. The Morgan fingerprint density at radius 3 is 2.29 bits per heavy atom. The van der Waals surface area contributed by atoms with Crippen LogP contribution in [0.4, 0.5) is 0 Å². The summed E-state index contributed by atoms with van der Waals surface area (Å²) < 4.78 is 11.2. The van der Waals surface area contributed by atoms with E-state index in [0.717, 1.165) is 12.8 Å². The minimum atomic E-state index is -0.357. The average Bonchev–Trinajstić information content (AvgIpc) is 3.32. The zero-order valence-electron chi connectivity index (χ0n) is 12.5. The SMILES string of the molecule is COc1cc(C(=O)NC(C)(CN)C2CC2)cc(OC)c1Br. The molecule has 1 amide bonds. The molecule has 1 aromatic rings. The maximum absolute atomic E-state index is 12.5. The molecule has 0 radical (unpaired) electrons. The van der Waals surface area contributed by atoms with Crippen molar-refractivity contribution in [2.75, 3.05) is 20.8 Å². The van der Waals surface area contributed by atoms with Crippen molar-refractivity contribution in [1.82, 2.24) is 5.32 Å². The molecule has 116 valence electrons. The Balaban J connectivity index is 2.26. The Hall–Kier alpha value is -1.27. The second-order valence-corrected chi connectivity index (χ2v) is 6.34. The lowest BCUT2D eigenvalue weighted by atomic mass is 9.95. The number of rotatable bonds is 6. The van der Waals surface area contributed by atoms with Gasteiger partial charge < -0.3 is 20.5 Å². The van der Waals surface area contributed by atoms with Crippen LogP contribution in [0.1, 0.15) is 30.1 Å². The van der Waals surface area contributed by atoms with Crippen LogP contribution in [-0.4, -0.2) is 32.2 Å². The molecule has 0 aliphatic heterocycles. The first-order valence-electron chi connectivity index (χ1n) is 6.89. The van der Waals surface area contributed by atoms with E-state index in [9.17, 15) is 4.79 Å². The number of hydrogen-bond donors (Lipinski definition) is 2. The van der Waals surface area contributed by atoms with E-state index in [1.54, 1.807) is 26.4 Å². The first kappa shape index (κ1) is 16.1. The molecule has 0 bridgehead atoms. The molecule has 6 heteroatoms. The van der Waals surface area contributed by atoms with Gasteiger partial charge in [-0.2, -0.15) is 0 Å². The molecule has 3 N–H and O–H groups in total. The van der Waals surface area contributed by atoms with Gasteiger partial charge >= 0.3 is 0 Å². The first-order chi connectivity index (χ1) is 9.95. The van der Waals surface area contributed by atoms with Crippen molar-refractivity contribution in [1.29, 1.82) is 0 Å². The number of methoxy groups -OCH3 is 2. The van der Waals surface area contributed by atoms with Crippen LogP contribution in [0.2, 0.25) is 0 Å². The molecular weight excluding hydrogens is 336 g/mol. The summed E-state index contributed by atoms with van der Waals surface area (Å²) >= 11 is 3.39. The summed E-state index contributed by atoms with van der Waals surface area (Å²) in [5.41, 5.74) is 5.98. The zero-order chi connectivity index (χ0) is 15.6. The summed E-state index contributed by atoms with van der Waals surface area (Å²) in [5.74, 6) is 1.41. The second-order valence-electron chi connectivity index (χ2n) is 5.54. The van der Waals surface area contributed by atoms with E-state index in [-0.39, 0.29) is 11.4 Å². The fourth-order valence-corrected chi connectivity index (χ4v) is 2.92. The Morgan fingerprint density at radius 2 is 1.90 bits per heavy atom. The predicted octanol–water partition coefficient (Wildman–Crippen LogP) is 2.32. The average molecular weight is 357 g/mol. The highest BCUT2D eigenvalue weighted by Crippen LogP contribution is 2.40. The summed E-state index contributed by atoms with van der Waals surface area (Å²) in [5, 5.41) is 3.05. The highest BCUT2D eigenvalue weighted by atomic mass is 79.9. The topological polar surface area (TPSA) is 73.6 Å². The van der Waals surface area contributed by atoms with Crippen molar-refractivity contribution in [2.24, 2.45) is 11.7 Å². The van der Waals surface area contributed by atoms with Crippen LogP contribution in [-0.2, 0) is 0 Å². The van der Waals surface area contributed by atoms with Crippen molar-refractivity contribution in [3.63, 3.8) is 0 Å². The molecule has 0 aromatic heterocycles. The van der Waals surface area contributed by atoms with Gasteiger partial charge in [-0.1, -0.05) is 0 Å². The lowest BCUT2D eigenvalue weighted by molar-refractivity contribution is 0.0897. The molecule has 5 nitrogen and oxygen atoms in total. The molecule has 1 aliphatic rings. The van der Waals surface area contributed by atoms with Gasteiger partial charge in [-0.05, 0) is 53.7 Å². The Kier molecular flexibility index (Phi) is 4.78. The summed E-state index contributed by atoms with van der Waals surface area (Å²) in [6.07, 6.45) is 2.22. The highest BCUT2D eigenvalue weighted by Gasteiger charge is 2.41. The van der Waals surface area contributed by atoms with E-state index in [0.29, 0.717) is 34.0 Å². The number of amides is 1. The number of nitrogens with two attached hydrogens (primary N) is 1. The third-order valence-corrected chi connectivity index (χ3v) is 4.79. The van der Waals surface area contributed by atoms with E-state index < -0.39 is 0 Å². The van der Waals surface area contributed by atoms with Crippen LogP contribution in [0.3, 0.4) is 0 Å². The van der Waals surface area contributed by atoms with Crippen molar-refractivity contribution in [2.45, 2.75) is 25.3 Å². The normalized spacial score (nSPS) is 17.0. The van der Waals surface area contributed by atoms with E-state index in [4.69, 9.17) is 15.2 Å². The molecule has 0 spiro atoms. The van der Waals surface area contributed by atoms with E-state index >= 15 is 0 Å². The maximum atomic E-state index is 12.5. The van der Waals surface area contributed by atoms with Crippen LogP contribution < -0.4 is 20.5 Å². The first-order valence-corrected chi connectivity index (χ1v) is 7.68. The molecule has 1 aliphatic carbocycles. The van der Waals surface area contributed by atoms with Gasteiger partial charge in [0.05, 0.1) is 19.8 Å². The van der Waals surface area contributed by atoms with Gasteiger partial charge in [0.25, 0.3) is 5.91 Å². The van der Waals surface area contributed by atoms with Gasteiger partial charge in [0.1, 0.15) is 16.0 Å². The van der Waals surface area contributed by atoms with Gasteiger partial charge in [0.2, 0.25) is 0 Å². The molecule has 21 heavy (non-hydrogen) atoms. The molecule has 1 aromatic carbocycles. The third-order valence-electron chi connectivity index (χ3n) is 4.01. The van der Waals surface area contributed by atoms with Crippen molar-refractivity contribution in [3.8, 4) is 11.5 Å². The van der Waals surface area contributed by atoms with Crippen molar-refractivity contribution >= 4 is 21.8 Å². The van der Waals surface area contributed by atoms with Crippen LogP contribution >= 0.6 is 15.9 Å². The van der Waals surface area contributed by atoms with Gasteiger partial charge in [-0.25, -0.2) is 0 Å². The van der Waals surface area contributed by atoms with Gasteiger partial charge in [0.15, 0.2) is 0 Å². The van der Waals surface area contributed by atoms with E-state index in [1.807, 2.05) is 6.92 Å². The largest absolute Gasteiger partial charge is 0.495 e. The van der Waals surface area contributed by atoms with Crippen molar-refractivity contribution < 1.29 is 14.3 Å². The predicted molar refractivity (Wildman–Crippen MR) is 84.9 cm³/mol. The summed E-state index contributed by atoms with van der Waals surface area (Å²) in [7, 11) is 3.10. The highest BCUT2D eigenvalue weighted by molar-refractivity contribution is 9.10. The molecule has 1 saturated carbocycles. The van der Waals surface area contributed by atoms with Crippen LogP contribution in [0.25, 0.3) is 0 Å². The third kappa shape index (κ3) is 3.32. The van der Waals surface area contributed by atoms with Crippen molar-refractivity contribution in [3.05, 3.63) is 22.2 Å². The minimum Gasteiger partial charge on any atom is -0.495 e. The molecular formula is C15H21BrN2O3. The van der Waals surface area contributed by atoms with Crippen LogP contribution in [0.5, 0.6) is 11.5 Å². The zero-order valence-corrected chi connectivity index (χ0v) is 14.1.